The van der Waals surface area contributed by atoms with Crippen LogP contribution in [0.2, 0.25) is 0 Å². The Kier molecular flexibility index (Phi) is 4.36. The van der Waals surface area contributed by atoms with E-state index in [-0.39, 0.29) is 17.9 Å². The van der Waals surface area contributed by atoms with E-state index in [0.29, 0.717) is 27.5 Å². The molecule has 1 saturated carbocycles. The van der Waals surface area contributed by atoms with Crippen LogP contribution in [0.1, 0.15) is 53.3 Å². The molecule has 5 nitrogen and oxygen atoms in total. The van der Waals surface area contributed by atoms with Gasteiger partial charge in [0.05, 0.1) is 11.1 Å². The third-order valence-corrected chi connectivity index (χ3v) is 5.62. The molecule has 26 heavy (non-hydrogen) atoms. The first-order valence-corrected chi connectivity index (χ1v) is 9.45. The molecule has 134 valence electrons. The lowest BCUT2D eigenvalue weighted by molar-refractivity contribution is 0.0565. The van der Waals surface area contributed by atoms with Gasteiger partial charge in [-0.1, -0.05) is 44.0 Å². The molecule has 0 bridgehead atoms. The number of hydrogen-bond donors (Lipinski definition) is 2. The van der Waals surface area contributed by atoms with Crippen molar-refractivity contribution in [1.29, 1.82) is 0 Å². The maximum absolute atomic E-state index is 12.9. The van der Waals surface area contributed by atoms with E-state index >= 15 is 0 Å². The Morgan fingerprint density at radius 3 is 2.27 bits per heavy atom. The third-order valence-electron chi connectivity index (χ3n) is 5.41. The van der Waals surface area contributed by atoms with Crippen LogP contribution in [0.3, 0.4) is 0 Å². The second-order valence-electron chi connectivity index (χ2n) is 7.11. The number of hydrogen-bond acceptors (Lipinski definition) is 3. The van der Waals surface area contributed by atoms with Gasteiger partial charge in [0.25, 0.3) is 11.8 Å². The molecule has 2 N–H and O–H groups in total. The first kappa shape index (κ1) is 17.0. The Morgan fingerprint density at radius 1 is 1.04 bits per heavy atom. The Morgan fingerprint density at radius 2 is 1.65 bits per heavy atom. The van der Waals surface area contributed by atoms with Gasteiger partial charge in [-0.3, -0.25) is 15.0 Å². The largest absolute Gasteiger partial charge is 0.358 e. The van der Waals surface area contributed by atoms with Gasteiger partial charge in [0.1, 0.15) is 0 Å². The Labute approximate surface area is 157 Å². The molecule has 0 unspecified atom stereocenters. The number of nitrogens with zero attached hydrogens (tertiary/aromatic N) is 1. The zero-order valence-electron chi connectivity index (χ0n) is 14.6. The van der Waals surface area contributed by atoms with E-state index in [9.17, 15) is 9.59 Å². The van der Waals surface area contributed by atoms with Crippen molar-refractivity contribution in [3.8, 4) is 0 Å². The number of amides is 2. The van der Waals surface area contributed by atoms with Crippen molar-refractivity contribution in [2.45, 2.75) is 38.6 Å². The minimum absolute atomic E-state index is 0.273. The summed E-state index contributed by atoms with van der Waals surface area (Å²) >= 11 is 5.39. The lowest BCUT2D eigenvalue weighted by atomic mass is 9.86. The number of nitrogens with one attached hydrogen (secondary N) is 2. The topological polar surface area (TPSA) is 61.4 Å². The molecule has 0 saturated heterocycles. The minimum atomic E-state index is -0.375. The standard InChI is InChI=1S/C20H21N3O2S/c1-12-6-2-3-11-16(12)21-20(26)22-23-18(24)14-9-4-7-13-8-5-10-15(17(13)14)19(23)25/h4-5,7-10,12,16H,2-3,6,11H2,1H3,(H2,21,22,26)/t12-,16+/m1/s1. The highest BCUT2D eigenvalue weighted by atomic mass is 32.1. The molecule has 1 fully saturated rings. The molecule has 2 atom stereocenters. The van der Waals surface area contributed by atoms with Crippen LogP contribution in [0.4, 0.5) is 0 Å². The molecule has 1 aliphatic heterocycles. The summed E-state index contributed by atoms with van der Waals surface area (Å²) in [6.45, 7) is 2.20. The number of benzene rings is 2. The molecule has 0 aromatic heterocycles. The van der Waals surface area contributed by atoms with Crippen LogP contribution in [-0.2, 0) is 0 Å². The molecule has 2 aromatic carbocycles. The summed E-state index contributed by atoms with van der Waals surface area (Å²) in [6, 6.07) is 11.2. The molecule has 6 heteroatoms. The summed E-state index contributed by atoms with van der Waals surface area (Å²) in [5.41, 5.74) is 3.85. The van der Waals surface area contributed by atoms with E-state index in [1.165, 1.54) is 12.8 Å². The SMILES string of the molecule is C[C@@H]1CCCC[C@@H]1NC(=S)NN1C(=O)c2cccc3cccc(c23)C1=O. The monoisotopic (exact) mass is 367 g/mol. The molecule has 1 heterocycles. The third kappa shape index (κ3) is 2.84. The van der Waals surface area contributed by atoms with Crippen LogP contribution < -0.4 is 10.7 Å². The van der Waals surface area contributed by atoms with Gasteiger partial charge in [0, 0.05) is 11.4 Å². The van der Waals surface area contributed by atoms with E-state index in [1.54, 1.807) is 12.1 Å². The Bertz CT molecular complexity index is 860. The summed E-state index contributed by atoms with van der Waals surface area (Å²) in [5.74, 6) is -0.231. The van der Waals surface area contributed by atoms with Gasteiger partial charge >= 0.3 is 0 Å². The number of rotatable bonds is 2. The first-order chi connectivity index (χ1) is 12.6. The smallest absolute Gasteiger partial charge is 0.280 e. The lowest BCUT2D eigenvalue weighted by Gasteiger charge is -2.33. The van der Waals surface area contributed by atoms with Gasteiger partial charge in [0.15, 0.2) is 5.11 Å². The van der Waals surface area contributed by atoms with Gasteiger partial charge in [-0.05, 0) is 48.5 Å². The van der Waals surface area contributed by atoms with Gasteiger partial charge < -0.3 is 5.32 Å². The summed E-state index contributed by atoms with van der Waals surface area (Å²) in [7, 11) is 0. The van der Waals surface area contributed by atoms with E-state index in [4.69, 9.17) is 12.2 Å². The van der Waals surface area contributed by atoms with Crippen LogP contribution >= 0.6 is 12.2 Å². The van der Waals surface area contributed by atoms with Crippen molar-refractivity contribution >= 4 is 39.9 Å². The van der Waals surface area contributed by atoms with E-state index in [2.05, 4.69) is 17.7 Å². The predicted octanol–water partition coefficient (Wildman–Crippen LogP) is 3.39. The van der Waals surface area contributed by atoms with E-state index in [0.717, 1.165) is 23.2 Å². The van der Waals surface area contributed by atoms with Gasteiger partial charge in [-0.2, -0.15) is 5.01 Å². The fourth-order valence-electron chi connectivity index (χ4n) is 3.97. The highest BCUT2D eigenvalue weighted by molar-refractivity contribution is 7.80. The normalized spacial score (nSPS) is 22.4. The van der Waals surface area contributed by atoms with Crippen molar-refractivity contribution in [3.63, 3.8) is 0 Å². The molecule has 2 aromatic rings. The fourth-order valence-corrected chi connectivity index (χ4v) is 4.21. The van der Waals surface area contributed by atoms with Crippen molar-refractivity contribution in [1.82, 2.24) is 15.8 Å². The average molecular weight is 367 g/mol. The summed E-state index contributed by atoms with van der Waals surface area (Å²) in [5, 5.41) is 6.22. The number of carbonyl (C=O) groups excluding carboxylic acids is 2. The molecule has 0 spiro atoms. The van der Waals surface area contributed by atoms with Crippen LogP contribution in [0, 0.1) is 5.92 Å². The molecular formula is C20H21N3O2S. The van der Waals surface area contributed by atoms with Gasteiger partial charge in [-0.25, -0.2) is 0 Å². The van der Waals surface area contributed by atoms with Crippen molar-refractivity contribution in [2.24, 2.45) is 5.92 Å². The first-order valence-electron chi connectivity index (χ1n) is 9.04. The maximum Gasteiger partial charge on any atom is 0.280 e. The molecule has 0 radical (unpaired) electrons. The van der Waals surface area contributed by atoms with Crippen LogP contribution in [0.25, 0.3) is 10.8 Å². The zero-order chi connectivity index (χ0) is 18.3. The molecular weight excluding hydrogens is 346 g/mol. The van der Waals surface area contributed by atoms with Crippen LogP contribution in [-0.4, -0.2) is 28.0 Å². The number of carbonyl (C=O) groups is 2. The lowest BCUT2D eigenvalue weighted by Crippen LogP contribution is -2.56. The van der Waals surface area contributed by atoms with Crippen molar-refractivity contribution in [2.75, 3.05) is 0 Å². The van der Waals surface area contributed by atoms with E-state index < -0.39 is 0 Å². The zero-order valence-corrected chi connectivity index (χ0v) is 15.4. The van der Waals surface area contributed by atoms with Gasteiger partial charge in [0.2, 0.25) is 0 Å². The van der Waals surface area contributed by atoms with Crippen LogP contribution in [0.5, 0.6) is 0 Å². The average Bonchev–Trinajstić information content (AvgIpc) is 2.65. The van der Waals surface area contributed by atoms with Crippen molar-refractivity contribution in [3.05, 3.63) is 47.5 Å². The fraction of sp³-hybridized carbons (Fsp3) is 0.350. The molecule has 4 rings (SSSR count). The molecule has 2 amide bonds. The maximum atomic E-state index is 12.9. The highest BCUT2D eigenvalue weighted by Crippen LogP contribution is 2.29. The Hall–Kier alpha value is -2.47. The number of imide groups is 1. The Balaban J connectivity index is 1.57. The predicted molar refractivity (Wildman–Crippen MR) is 105 cm³/mol. The quantitative estimate of drug-likeness (QED) is 0.629. The summed E-state index contributed by atoms with van der Waals surface area (Å²) in [6.07, 6.45) is 4.62. The summed E-state index contributed by atoms with van der Waals surface area (Å²) < 4.78 is 0. The number of hydrazine groups is 1. The molecule has 2 aliphatic rings. The molecule has 1 aliphatic carbocycles. The second-order valence-corrected chi connectivity index (χ2v) is 7.52. The van der Waals surface area contributed by atoms with Crippen molar-refractivity contribution < 1.29 is 9.59 Å². The summed E-state index contributed by atoms with van der Waals surface area (Å²) in [4.78, 5) is 25.7. The van der Waals surface area contributed by atoms with Crippen LogP contribution in [0.15, 0.2) is 36.4 Å². The number of thiocarbonyl (C=S) groups is 1. The second kappa shape index (κ2) is 6.68. The van der Waals surface area contributed by atoms with Gasteiger partial charge in [-0.15, -0.1) is 0 Å². The minimum Gasteiger partial charge on any atom is -0.358 e. The van der Waals surface area contributed by atoms with E-state index in [1.807, 2.05) is 24.3 Å². The highest BCUT2D eigenvalue weighted by Gasteiger charge is 2.34.